The Hall–Kier alpha value is -3.16. The lowest BCUT2D eigenvalue weighted by Gasteiger charge is -2.06. The fraction of sp³-hybridized carbons (Fsp3) is 0.0625. The molecule has 0 amide bonds. The van der Waals surface area contributed by atoms with Crippen molar-refractivity contribution in [3.63, 3.8) is 0 Å². The van der Waals surface area contributed by atoms with Gasteiger partial charge in [0.05, 0.1) is 23.6 Å². The van der Waals surface area contributed by atoms with Crippen LogP contribution in [0.2, 0.25) is 0 Å². The highest BCUT2D eigenvalue weighted by atomic mass is 19.2. The van der Waals surface area contributed by atoms with Gasteiger partial charge in [-0.2, -0.15) is 0 Å². The fourth-order valence-electron chi connectivity index (χ4n) is 2.21. The number of ether oxygens (including phenoxy) is 1. The van der Waals surface area contributed by atoms with E-state index in [1.807, 2.05) is 0 Å². The van der Waals surface area contributed by atoms with Crippen molar-refractivity contribution in [2.45, 2.75) is 0 Å². The van der Waals surface area contributed by atoms with Crippen molar-refractivity contribution in [3.05, 3.63) is 63.7 Å². The highest BCUT2D eigenvalue weighted by molar-refractivity contribution is 5.94. The zero-order chi connectivity index (χ0) is 17.4. The van der Waals surface area contributed by atoms with Gasteiger partial charge in [-0.3, -0.25) is 4.79 Å². The largest absolute Gasteiger partial charge is 0.465 e. The number of halogens is 3. The van der Waals surface area contributed by atoms with Crippen molar-refractivity contribution >= 4 is 16.9 Å². The molecular weight excluding hydrogens is 325 g/mol. The van der Waals surface area contributed by atoms with E-state index in [1.54, 1.807) is 0 Å². The summed E-state index contributed by atoms with van der Waals surface area (Å²) in [5.74, 6) is -5.21. The van der Waals surface area contributed by atoms with E-state index in [4.69, 9.17) is 0 Å². The summed E-state index contributed by atoms with van der Waals surface area (Å²) in [6.45, 7) is 0. The smallest absolute Gasteiger partial charge is 0.337 e. The summed E-state index contributed by atoms with van der Waals surface area (Å²) >= 11 is 0. The maximum Gasteiger partial charge on any atom is 0.337 e. The molecule has 122 valence electrons. The highest BCUT2D eigenvalue weighted by Gasteiger charge is 2.15. The first-order chi connectivity index (χ1) is 11.4. The van der Waals surface area contributed by atoms with E-state index < -0.39 is 29.0 Å². The second kappa shape index (κ2) is 5.80. The number of nitrogens with one attached hydrogen (secondary N) is 1. The molecule has 2 aromatic carbocycles. The summed E-state index contributed by atoms with van der Waals surface area (Å²) in [5.41, 5.74) is -0.433. The predicted octanol–water partition coefficient (Wildman–Crippen LogP) is 2.79. The number of carbonyl (C=O) groups excluding carboxylic acids is 1. The van der Waals surface area contributed by atoms with Crippen molar-refractivity contribution in [1.82, 2.24) is 9.97 Å². The van der Waals surface area contributed by atoms with Crippen LogP contribution in [0.4, 0.5) is 13.2 Å². The molecule has 1 N–H and O–H groups in total. The first-order valence-electron chi connectivity index (χ1n) is 6.68. The number of fused-ring (bicyclic) bond motifs is 1. The standard InChI is InChI=1S/C16H9F3N2O3/c1-24-16(23)7-2-3-9-12(6-7)20-14(21-15(9)22)8-4-10(17)13(19)11(18)5-8/h2-6H,1H3,(H,20,21,22). The lowest BCUT2D eigenvalue weighted by atomic mass is 10.1. The fourth-order valence-corrected chi connectivity index (χ4v) is 2.21. The molecule has 0 unspecified atom stereocenters. The van der Waals surface area contributed by atoms with E-state index in [0.29, 0.717) is 12.1 Å². The van der Waals surface area contributed by atoms with Gasteiger partial charge in [0.1, 0.15) is 5.82 Å². The van der Waals surface area contributed by atoms with E-state index in [2.05, 4.69) is 14.7 Å². The monoisotopic (exact) mass is 334 g/mol. The molecule has 24 heavy (non-hydrogen) atoms. The highest BCUT2D eigenvalue weighted by Crippen LogP contribution is 2.22. The van der Waals surface area contributed by atoms with Crippen molar-refractivity contribution in [3.8, 4) is 11.4 Å². The quantitative estimate of drug-likeness (QED) is 0.578. The van der Waals surface area contributed by atoms with E-state index in [1.165, 1.54) is 25.3 Å². The number of esters is 1. The Morgan fingerprint density at radius 2 is 1.79 bits per heavy atom. The molecule has 0 radical (unpaired) electrons. The van der Waals surface area contributed by atoms with Crippen molar-refractivity contribution < 1.29 is 22.7 Å². The first-order valence-corrected chi connectivity index (χ1v) is 6.68. The number of carbonyl (C=O) groups is 1. The number of hydrogen-bond acceptors (Lipinski definition) is 4. The predicted molar refractivity (Wildman–Crippen MR) is 79.0 cm³/mol. The van der Waals surface area contributed by atoms with Crippen LogP contribution >= 0.6 is 0 Å². The second-order valence-corrected chi connectivity index (χ2v) is 4.89. The van der Waals surface area contributed by atoms with Gasteiger partial charge in [0, 0.05) is 5.56 Å². The van der Waals surface area contributed by atoms with Crippen LogP contribution in [0, 0.1) is 17.5 Å². The van der Waals surface area contributed by atoms with Gasteiger partial charge in [-0.05, 0) is 30.3 Å². The second-order valence-electron chi connectivity index (χ2n) is 4.89. The van der Waals surface area contributed by atoms with Crippen LogP contribution in [0.1, 0.15) is 10.4 Å². The molecule has 8 heteroatoms. The van der Waals surface area contributed by atoms with Crippen LogP contribution in [-0.4, -0.2) is 23.0 Å². The minimum atomic E-state index is -1.62. The SMILES string of the molecule is COC(=O)c1ccc2c(=O)[nH]c(-c3cc(F)c(F)c(F)c3)nc2c1. The molecule has 0 aliphatic heterocycles. The summed E-state index contributed by atoms with van der Waals surface area (Å²) in [7, 11) is 1.20. The van der Waals surface area contributed by atoms with Crippen LogP contribution in [0.15, 0.2) is 35.1 Å². The molecule has 0 aliphatic rings. The molecule has 0 saturated heterocycles. The zero-order valence-corrected chi connectivity index (χ0v) is 12.2. The molecular formula is C16H9F3N2O3. The van der Waals surface area contributed by atoms with Gasteiger partial charge >= 0.3 is 5.97 Å². The number of benzene rings is 2. The Bertz CT molecular complexity index is 1010. The third-order valence-electron chi connectivity index (χ3n) is 3.38. The molecule has 0 aliphatic carbocycles. The molecule has 0 atom stereocenters. The summed E-state index contributed by atoms with van der Waals surface area (Å²) in [6.07, 6.45) is 0. The minimum Gasteiger partial charge on any atom is -0.465 e. The molecule has 3 aromatic rings. The van der Waals surface area contributed by atoms with Gasteiger partial charge < -0.3 is 9.72 Å². The summed E-state index contributed by atoms with van der Waals surface area (Å²) in [4.78, 5) is 30.1. The van der Waals surface area contributed by atoms with Crippen LogP contribution in [0.3, 0.4) is 0 Å². The Kier molecular flexibility index (Phi) is 3.80. The normalized spacial score (nSPS) is 10.8. The van der Waals surface area contributed by atoms with Crippen molar-refractivity contribution in [2.75, 3.05) is 7.11 Å². The molecule has 0 saturated carbocycles. The molecule has 0 bridgehead atoms. The maximum absolute atomic E-state index is 13.4. The number of hydrogen-bond donors (Lipinski definition) is 1. The van der Waals surface area contributed by atoms with E-state index >= 15 is 0 Å². The molecule has 0 fully saturated rings. The van der Waals surface area contributed by atoms with Gasteiger partial charge in [0.25, 0.3) is 5.56 Å². The van der Waals surface area contributed by atoms with Gasteiger partial charge in [0.2, 0.25) is 0 Å². The molecule has 1 heterocycles. The number of H-pyrrole nitrogens is 1. The lowest BCUT2D eigenvalue weighted by Crippen LogP contribution is -2.11. The third kappa shape index (κ3) is 2.62. The maximum atomic E-state index is 13.4. The van der Waals surface area contributed by atoms with Crippen LogP contribution in [0.5, 0.6) is 0 Å². The molecule has 0 spiro atoms. The van der Waals surface area contributed by atoms with Gasteiger partial charge in [-0.25, -0.2) is 22.9 Å². The summed E-state index contributed by atoms with van der Waals surface area (Å²) in [5, 5.41) is 0.175. The number of aromatic amines is 1. The van der Waals surface area contributed by atoms with Crippen LogP contribution < -0.4 is 5.56 Å². The number of nitrogens with zero attached hydrogens (tertiary/aromatic N) is 1. The van der Waals surface area contributed by atoms with E-state index in [9.17, 15) is 22.8 Å². The van der Waals surface area contributed by atoms with E-state index in [-0.39, 0.29) is 27.9 Å². The minimum absolute atomic E-state index is 0.127. The third-order valence-corrected chi connectivity index (χ3v) is 3.38. The average Bonchev–Trinajstić information content (AvgIpc) is 2.57. The summed E-state index contributed by atoms with van der Waals surface area (Å²) < 4.78 is 44.3. The van der Waals surface area contributed by atoms with Gasteiger partial charge in [-0.1, -0.05) is 0 Å². The van der Waals surface area contributed by atoms with Crippen LogP contribution in [0.25, 0.3) is 22.3 Å². The summed E-state index contributed by atoms with van der Waals surface area (Å²) in [6, 6.07) is 5.51. The molecule has 1 aromatic heterocycles. The van der Waals surface area contributed by atoms with E-state index in [0.717, 1.165) is 0 Å². The van der Waals surface area contributed by atoms with Gasteiger partial charge in [0.15, 0.2) is 17.5 Å². The Balaban J connectivity index is 2.23. The van der Waals surface area contributed by atoms with Crippen molar-refractivity contribution in [1.29, 1.82) is 0 Å². The Labute approximate surface area is 132 Å². The lowest BCUT2D eigenvalue weighted by molar-refractivity contribution is 0.0601. The number of methoxy groups -OCH3 is 1. The van der Waals surface area contributed by atoms with Gasteiger partial charge in [-0.15, -0.1) is 0 Å². The topological polar surface area (TPSA) is 72.1 Å². The first kappa shape index (κ1) is 15.7. The molecule has 3 rings (SSSR count). The Morgan fingerprint density at radius 3 is 2.42 bits per heavy atom. The average molecular weight is 334 g/mol. The number of rotatable bonds is 2. The Morgan fingerprint density at radius 1 is 1.12 bits per heavy atom. The zero-order valence-electron chi connectivity index (χ0n) is 12.2. The van der Waals surface area contributed by atoms with Crippen LogP contribution in [-0.2, 0) is 4.74 Å². The molecule has 5 nitrogen and oxygen atoms in total. The van der Waals surface area contributed by atoms with Crippen molar-refractivity contribution in [2.24, 2.45) is 0 Å². The number of aromatic nitrogens is 2.